The minimum Gasteiger partial charge on any atom is -0.322 e. The maximum atomic E-state index is 13.3. The smallest absolute Gasteiger partial charge is 0.270 e. The summed E-state index contributed by atoms with van der Waals surface area (Å²) in [6, 6.07) is 18.9. The van der Waals surface area contributed by atoms with Gasteiger partial charge in [0.1, 0.15) is 0 Å². The third kappa shape index (κ3) is 5.27. The Morgan fingerprint density at radius 2 is 1.71 bits per heavy atom. The molecule has 12 nitrogen and oxygen atoms in total. The highest BCUT2D eigenvalue weighted by Gasteiger charge is 2.27. The van der Waals surface area contributed by atoms with E-state index in [0.717, 1.165) is 24.6 Å². The predicted molar refractivity (Wildman–Crippen MR) is 139 cm³/mol. The summed E-state index contributed by atoms with van der Waals surface area (Å²) in [5.41, 5.74) is 0.832. The van der Waals surface area contributed by atoms with E-state index in [4.69, 9.17) is 0 Å². The number of nitro groups is 1. The van der Waals surface area contributed by atoms with E-state index < -0.39 is 20.9 Å². The molecule has 0 unspecified atom stereocenters. The highest BCUT2D eigenvalue weighted by molar-refractivity contribution is 7.99. The predicted octanol–water partition coefficient (Wildman–Crippen LogP) is 3.76. The average molecular weight is 552 g/mol. The van der Waals surface area contributed by atoms with Crippen molar-refractivity contribution in [3.63, 3.8) is 0 Å². The van der Waals surface area contributed by atoms with E-state index in [1.165, 1.54) is 51.5 Å². The summed E-state index contributed by atoms with van der Waals surface area (Å²) in [4.78, 5) is 24.6. The largest absolute Gasteiger partial charge is 0.322 e. The van der Waals surface area contributed by atoms with Crippen molar-refractivity contribution in [2.24, 2.45) is 0 Å². The summed E-state index contributed by atoms with van der Waals surface area (Å²) in [5, 5.41) is 26.2. The first-order valence-electron chi connectivity index (χ1n) is 11.5. The molecule has 3 aromatic carbocycles. The van der Waals surface area contributed by atoms with E-state index in [-0.39, 0.29) is 16.1 Å². The number of hydrogen-bond donors (Lipinski definition) is 1. The standard InChI is InChI=1S/C24H21N7O5S2/c32-23(25-17-8-11-20(12-9-17)38(35,36)29-14-4-5-15-29)21-16-19(31(33)34)10-13-22(21)37-24-26-27-28-30(24)18-6-2-1-3-7-18/h1-3,6-13,16H,4-5,14-15H2,(H,25,32). The molecule has 2 heterocycles. The van der Waals surface area contributed by atoms with Crippen molar-refractivity contribution < 1.29 is 18.1 Å². The molecule has 0 aliphatic carbocycles. The van der Waals surface area contributed by atoms with Gasteiger partial charge in [-0.1, -0.05) is 18.2 Å². The van der Waals surface area contributed by atoms with Gasteiger partial charge in [0.05, 0.1) is 21.1 Å². The highest BCUT2D eigenvalue weighted by atomic mass is 32.2. The van der Waals surface area contributed by atoms with Crippen molar-refractivity contribution in [3.8, 4) is 5.69 Å². The number of anilines is 1. The van der Waals surface area contributed by atoms with Gasteiger partial charge < -0.3 is 5.32 Å². The SMILES string of the molecule is O=C(Nc1ccc(S(=O)(=O)N2CCCC2)cc1)c1cc([N+](=O)[O-])ccc1Sc1nnnn1-c1ccccc1. The van der Waals surface area contributed by atoms with Crippen LogP contribution in [0.3, 0.4) is 0 Å². The number of nitro benzene ring substituents is 1. The molecule has 194 valence electrons. The molecule has 1 saturated heterocycles. The van der Waals surface area contributed by atoms with E-state index in [1.54, 1.807) is 0 Å². The topological polar surface area (TPSA) is 153 Å². The molecule has 1 amide bonds. The molecular weight excluding hydrogens is 530 g/mol. The molecular formula is C24H21N7O5S2. The van der Waals surface area contributed by atoms with Crippen molar-refractivity contribution >= 4 is 39.1 Å². The molecule has 0 saturated carbocycles. The van der Waals surface area contributed by atoms with Gasteiger partial charge in [0.15, 0.2) is 0 Å². The number of amides is 1. The maximum Gasteiger partial charge on any atom is 0.270 e. The van der Waals surface area contributed by atoms with Gasteiger partial charge in [-0.25, -0.2) is 8.42 Å². The zero-order chi connectivity index (χ0) is 26.7. The van der Waals surface area contributed by atoms with Gasteiger partial charge in [-0.3, -0.25) is 14.9 Å². The summed E-state index contributed by atoms with van der Waals surface area (Å²) in [7, 11) is -3.59. The van der Waals surface area contributed by atoms with Crippen LogP contribution in [0.1, 0.15) is 23.2 Å². The van der Waals surface area contributed by atoms with E-state index in [9.17, 15) is 23.3 Å². The number of carbonyl (C=O) groups excluding carboxylic acids is 1. The quantitative estimate of drug-likeness (QED) is 0.255. The number of para-hydroxylation sites is 1. The van der Waals surface area contributed by atoms with Crippen LogP contribution in [0.5, 0.6) is 0 Å². The lowest BCUT2D eigenvalue weighted by atomic mass is 10.2. The first-order chi connectivity index (χ1) is 18.3. The second-order valence-electron chi connectivity index (χ2n) is 8.34. The minimum atomic E-state index is -3.59. The number of benzene rings is 3. The fourth-order valence-corrected chi connectivity index (χ4v) is 6.37. The number of nitrogens with zero attached hydrogens (tertiary/aromatic N) is 6. The summed E-state index contributed by atoms with van der Waals surface area (Å²) >= 11 is 1.08. The van der Waals surface area contributed by atoms with Crippen LogP contribution >= 0.6 is 11.8 Å². The van der Waals surface area contributed by atoms with Gasteiger partial charge in [-0.05, 0) is 77.5 Å². The molecule has 14 heteroatoms. The summed E-state index contributed by atoms with van der Waals surface area (Å²) in [6.45, 7) is 0.975. The zero-order valence-corrected chi connectivity index (χ0v) is 21.4. The van der Waals surface area contributed by atoms with Crippen LogP contribution in [-0.4, -0.2) is 56.9 Å². The number of hydrogen-bond acceptors (Lipinski definition) is 9. The van der Waals surface area contributed by atoms with Crippen LogP contribution in [-0.2, 0) is 10.0 Å². The van der Waals surface area contributed by atoms with Crippen LogP contribution in [0.15, 0.2) is 87.7 Å². The normalized spacial score (nSPS) is 13.9. The van der Waals surface area contributed by atoms with Gasteiger partial charge in [-0.2, -0.15) is 8.99 Å². The lowest BCUT2D eigenvalue weighted by Crippen LogP contribution is -2.27. The van der Waals surface area contributed by atoms with Crippen LogP contribution in [0.25, 0.3) is 5.69 Å². The van der Waals surface area contributed by atoms with E-state index >= 15 is 0 Å². The third-order valence-corrected chi connectivity index (χ3v) is 8.80. The number of carbonyl (C=O) groups is 1. The highest BCUT2D eigenvalue weighted by Crippen LogP contribution is 2.33. The Morgan fingerprint density at radius 1 is 1.00 bits per heavy atom. The number of sulfonamides is 1. The molecule has 1 aromatic heterocycles. The average Bonchev–Trinajstić information content (AvgIpc) is 3.63. The first kappa shape index (κ1) is 25.5. The fourth-order valence-electron chi connectivity index (χ4n) is 3.96. The number of aromatic nitrogens is 4. The van der Waals surface area contributed by atoms with Crippen LogP contribution in [0, 0.1) is 10.1 Å². The number of rotatable bonds is 8. The Morgan fingerprint density at radius 3 is 2.39 bits per heavy atom. The lowest BCUT2D eigenvalue weighted by Gasteiger charge is -2.16. The Bertz CT molecular complexity index is 1590. The molecule has 0 atom stereocenters. The van der Waals surface area contributed by atoms with Crippen molar-refractivity contribution in [1.29, 1.82) is 0 Å². The summed E-state index contributed by atoms with van der Waals surface area (Å²) < 4.78 is 28.5. The van der Waals surface area contributed by atoms with Crippen molar-refractivity contribution in [2.45, 2.75) is 27.8 Å². The van der Waals surface area contributed by atoms with Crippen LogP contribution < -0.4 is 5.32 Å². The van der Waals surface area contributed by atoms with Crippen molar-refractivity contribution in [1.82, 2.24) is 24.5 Å². The van der Waals surface area contributed by atoms with E-state index in [1.807, 2.05) is 30.3 Å². The molecule has 38 heavy (non-hydrogen) atoms. The molecule has 1 fully saturated rings. The van der Waals surface area contributed by atoms with Crippen molar-refractivity contribution in [3.05, 3.63) is 88.5 Å². The number of tetrazole rings is 1. The Balaban J connectivity index is 1.41. The molecule has 1 aliphatic heterocycles. The second kappa shape index (κ2) is 10.7. The first-order valence-corrected chi connectivity index (χ1v) is 13.8. The van der Waals surface area contributed by atoms with Gasteiger partial charge >= 0.3 is 0 Å². The van der Waals surface area contributed by atoms with Gasteiger partial charge in [0.2, 0.25) is 15.2 Å². The monoisotopic (exact) mass is 551 g/mol. The molecule has 0 bridgehead atoms. The van der Waals surface area contributed by atoms with Gasteiger partial charge in [0, 0.05) is 35.8 Å². The van der Waals surface area contributed by atoms with Crippen LogP contribution in [0.4, 0.5) is 11.4 Å². The summed E-state index contributed by atoms with van der Waals surface area (Å²) in [5.74, 6) is -0.606. The molecule has 1 aliphatic rings. The van der Waals surface area contributed by atoms with Gasteiger partial charge in [-0.15, -0.1) is 5.10 Å². The van der Waals surface area contributed by atoms with E-state index in [2.05, 4.69) is 20.8 Å². The molecule has 5 rings (SSSR count). The van der Waals surface area contributed by atoms with E-state index in [0.29, 0.717) is 34.5 Å². The van der Waals surface area contributed by atoms with Crippen LogP contribution in [0.2, 0.25) is 0 Å². The molecule has 1 N–H and O–H groups in total. The molecule has 0 radical (unpaired) electrons. The third-order valence-electron chi connectivity index (χ3n) is 5.88. The maximum absolute atomic E-state index is 13.3. The fraction of sp³-hybridized carbons (Fsp3) is 0.167. The summed E-state index contributed by atoms with van der Waals surface area (Å²) in [6.07, 6.45) is 1.66. The zero-order valence-electron chi connectivity index (χ0n) is 19.8. The Labute approximate surface area is 221 Å². The second-order valence-corrected chi connectivity index (χ2v) is 11.3. The number of nitrogens with one attached hydrogen (secondary N) is 1. The minimum absolute atomic E-state index is 0.0422. The Kier molecular flexibility index (Phi) is 7.18. The Hall–Kier alpha value is -4.14. The van der Waals surface area contributed by atoms with Gasteiger partial charge in [0.25, 0.3) is 11.6 Å². The molecule has 4 aromatic rings. The lowest BCUT2D eigenvalue weighted by molar-refractivity contribution is -0.384. The number of non-ortho nitro benzene ring substituents is 1. The van der Waals surface area contributed by atoms with Crippen molar-refractivity contribution in [2.75, 3.05) is 18.4 Å². The molecule has 0 spiro atoms.